The lowest BCUT2D eigenvalue weighted by molar-refractivity contribution is 0.0284. The summed E-state index contributed by atoms with van der Waals surface area (Å²) in [5.41, 5.74) is 3.41. The lowest BCUT2D eigenvalue weighted by Gasteiger charge is -2.43. The van der Waals surface area contributed by atoms with Crippen LogP contribution in [0, 0.1) is 17.2 Å². The molecule has 3 atom stereocenters. The van der Waals surface area contributed by atoms with E-state index in [4.69, 9.17) is 4.84 Å². The first-order valence-electron chi connectivity index (χ1n) is 9.53. The molecule has 0 aliphatic carbocycles. The Balaban J connectivity index is 1.70. The van der Waals surface area contributed by atoms with Gasteiger partial charge in [-0.25, -0.2) is 0 Å². The molecule has 3 aromatic rings. The molecule has 2 heterocycles. The topological polar surface area (TPSA) is 65.7 Å². The number of anilines is 1. The first-order valence-corrected chi connectivity index (χ1v) is 10.3. The van der Waals surface area contributed by atoms with E-state index >= 15 is 0 Å². The molecule has 0 bridgehead atoms. The highest BCUT2D eigenvalue weighted by Crippen LogP contribution is 2.55. The molecule has 0 saturated heterocycles. The van der Waals surface area contributed by atoms with Gasteiger partial charge in [0.05, 0.1) is 23.4 Å². The zero-order valence-electron chi connectivity index (χ0n) is 15.8. The maximum atomic E-state index is 13.5. The van der Waals surface area contributed by atoms with Gasteiger partial charge in [0.1, 0.15) is 6.04 Å². The van der Waals surface area contributed by atoms with Crippen molar-refractivity contribution in [2.75, 3.05) is 4.90 Å². The second-order valence-corrected chi connectivity index (χ2v) is 8.37. The lowest BCUT2D eigenvalue weighted by atomic mass is 9.78. The summed E-state index contributed by atoms with van der Waals surface area (Å²) in [7, 11) is 0. The number of para-hydroxylation sites is 1. The molecular weight excluding hydrogens is 442 g/mol. The van der Waals surface area contributed by atoms with Gasteiger partial charge in [-0.3, -0.25) is 9.69 Å². The van der Waals surface area contributed by atoms with Crippen LogP contribution in [0.4, 0.5) is 5.69 Å². The minimum absolute atomic E-state index is 0.233. The van der Waals surface area contributed by atoms with Crippen LogP contribution < -0.4 is 4.90 Å². The Morgan fingerprint density at radius 3 is 2.33 bits per heavy atom. The number of fused-ring (bicyclic) bond motifs is 3. The highest BCUT2D eigenvalue weighted by molar-refractivity contribution is 9.09. The second-order valence-electron chi connectivity index (χ2n) is 7.19. The van der Waals surface area contributed by atoms with E-state index < -0.39 is 16.5 Å². The van der Waals surface area contributed by atoms with E-state index in [-0.39, 0.29) is 5.91 Å². The van der Waals surface area contributed by atoms with Crippen LogP contribution in [-0.2, 0) is 9.35 Å². The Morgan fingerprint density at radius 2 is 1.63 bits per heavy atom. The summed E-state index contributed by atoms with van der Waals surface area (Å²) < 4.78 is -1.03. The molecule has 146 valence electrons. The van der Waals surface area contributed by atoms with Crippen molar-refractivity contribution in [3.63, 3.8) is 0 Å². The molecule has 30 heavy (non-hydrogen) atoms. The fourth-order valence-electron chi connectivity index (χ4n) is 4.17. The van der Waals surface area contributed by atoms with Gasteiger partial charge in [-0.2, -0.15) is 5.26 Å². The molecule has 2 aliphatic rings. The van der Waals surface area contributed by atoms with Crippen LogP contribution in [0.5, 0.6) is 0 Å². The normalized spacial score (nSPS) is 24.1. The highest BCUT2D eigenvalue weighted by atomic mass is 79.9. The number of carbonyl (C=O) groups excluding carboxylic acids is 1. The van der Waals surface area contributed by atoms with Crippen LogP contribution in [0.1, 0.15) is 21.5 Å². The van der Waals surface area contributed by atoms with Crippen molar-refractivity contribution in [1.29, 1.82) is 5.26 Å². The molecule has 0 aromatic heterocycles. The van der Waals surface area contributed by atoms with Crippen molar-refractivity contribution < 1.29 is 9.63 Å². The fraction of sp³-hybridized carbons (Fsp3) is 0.125. The van der Waals surface area contributed by atoms with Crippen LogP contribution >= 0.6 is 15.9 Å². The summed E-state index contributed by atoms with van der Waals surface area (Å²) in [5, 5.41) is 14.6. The Kier molecular flexibility index (Phi) is 4.41. The molecule has 0 N–H and O–H groups in total. The molecule has 1 unspecified atom stereocenters. The van der Waals surface area contributed by atoms with Crippen LogP contribution in [-0.4, -0.2) is 17.7 Å². The van der Waals surface area contributed by atoms with Crippen LogP contribution in [0.3, 0.4) is 0 Å². The van der Waals surface area contributed by atoms with Gasteiger partial charge >= 0.3 is 0 Å². The zero-order chi connectivity index (χ0) is 20.7. The molecule has 0 spiro atoms. The standard InChI is InChI=1S/C24H16BrN3O2/c25-24-18-13-7-8-14-19(18)28(23(29)17-11-5-2-6-12-17)20(15-26)21(24)22(27-30-24)16-9-3-1-4-10-16/h1-14,20-21H/t20?,21-,24-/m0/s1. The minimum atomic E-state index is -1.03. The number of carbonyl (C=O) groups is 1. The Bertz CT molecular complexity index is 1190. The summed E-state index contributed by atoms with van der Waals surface area (Å²) in [5.74, 6) is -0.740. The molecule has 5 nitrogen and oxygen atoms in total. The maximum absolute atomic E-state index is 13.5. The molecule has 3 aromatic carbocycles. The van der Waals surface area contributed by atoms with E-state index in [1.54, 1.807) is 17.0 Å². The molecule has 6 heteroatoms. The van der Waals surface area contributed by atoms with Gasteiger partial charge in [0.25, 0.3) is 5.91 Å². The molecule has 0 fully saturated rings. The zero-order valence-corrected chi connectivity index (χ0v) is 17.4. The van der Waals surface area contributed by atoms with Crippen LogP contribution in [0.15, 0.2) is 90.1 Å². The van der Waals surface area contributed by atoms with Crippen molar-refractivity contribution in [2.45, 2.75) is 10.6 Å². The third-order valence-electron chi connectivity index (χ3n) is 5.54. The Labute approximate surface area is 182 Å². The number of hydrogen-bond acceptors (Lipinski definition) is 4. The van der Waals surface area contributed by atoms with Gasteiger partial charge in [-0.1, -0.05) is 71.9 Å². The van der Waals surface area contributed by atoms with E-state index in [2.05, 4.69) is 27.2 Å². The molecular formula is C24H16BrN3O2. The van der Waals surface area contributed by atoms with Gasteiger partial charge < -0.3 is 4.84 Å². The number of nitriles is 1. The summed E-state index contributed by atoms with van der Waals surface area (Å²) in [4.78, 5) is 21.0. The average Bonchev–Trinajstić information content (AvgIpc) is 3.17. The first-order chi connectivity index (χ1) is 14.6. The van der Waals surface area contributed by atoms with E-state index in [0.29, 0.717) is 17.0 Å². The average molecular weight is 458 g/mol. The third-order valence-corrected chi connectivity index (χ3v) is 6.60. The molecule has 5 rings (SSSR count). The number of alkyl halides is 1. The van der Waals surface area contributed by atoms with Gasteiger partial charge in [0.15, 0.2) is 0 Å². The fourth-order valence-corrected chi connectivity index (χ4v) is 5.05. The number of halogens is 1. The number of amides is 1. The van der Waals surface area contributed by atoms with Crippen molar-refractivity contribution in [1.82, 2.24) is 0 Å². The quantitative estimate of drug-likeness (QED) is 0.517. The smallest absolute Gasteiger partial charge is 0.259 e. The third kappa shape index (κ3) is 2.66. The number of benzene rings is 3. The van der Waals surface area contributed by atoms with Crippen molar-refractivity contribution in [2.24, 2.45) is 11.1 Å². The minimum Gasteiger partial charge on any atom is -0.372 e. The van der Waals surface area contributed by atoms with Crippen molar-refractivity contribution >= 4 is 33.2 Å². The predicted molar refractivity (Wildman–Crippen MR) is 117 cm³/mol. The largest absolute Gasteiger partial charge is 0.372 e. The number of rotatable bonds is 2. The number of oxime groups is 1. The predicted octanol–water partition coefficient (Wildman–Crippen LogP) is 4.84. The summed E-state index contributed by atoms with van der Waals surface area (Å²) >= 11 is 3.75. The van der Waals surface area contributed by atoms with Gasteiger partial charge in [-0.15, -0.1) is 0 Å². The van der Waals surface area contributed by atoms with E-state index in [1.165, 1.54) is 0 Å². The van der Waals surface area contributed by atoms with E-state index in [9.17, 15) is 10.1 Å². The van der Waals surface area contributed by atoms with Crippen LogP contribution in [0.2, 0.25) is 0 Å². The van der Waals surface area contributed by atoms with Crippen LogP contribution in [0.25, 0.3) is 0 Å². The maximum Gasteiger partial charge on any atom is 0.259 e. The van der Waals surface area contributed by atoms with Gasteiger partial charge in [0, 0.05) is 11.1 Å². The second kappa shape index (κ2) is 7.12. The monoisotopic (exact) mass is 457 g/mol. The summed E-state index contributed by atoms with van der Waals surface area (Å²) in [6.45, 7) is 0. The molecule has 1 amide bonds. The van der Waals surface area contributed by atoms with Gasteiger partial charge in [-0.05, 0) is 39.7 Å². The molecule has 0 radical (unpaired) electrons. The van der Waals surface area contributed by atoms with Gasteiger partial charge in [0.2, 0.25) is 4.51 Å². The first kappa shape index (κ1) is 18.6. The Hall–Kier alpha value is -3.43. The van der Waals surface area contributed by atoms with Crippen molar-refractivity contribution in [3.8, 4) is 6.07 Å². The number of nitrogens with zero attached hydrogens (tertiary/aromatic N) is 3. The number of hydrogen-bond donors (Lipinski definition) is 0. The highest BCUT2D eigenvalue weighted by Gasteiger charge is 2.59. The lowest BCUT2D eigenvalue weighted by Crippen LogP contribution is -2.55. The Morgan fingerprint density at radius 1 is 1.00 bits per heavy atom. The molecule has 0 saturated carbocycles. The SMILES string of the molecule is N#CC1[C@H]2C(c3ccccc3)=NO[C@@]2(Br)c2ccccc2N1C(=O)c1ccccc1. The van der Waals surface area contributed by atoms with E-state index in [1.807, 2.05) is 72.8 Å². The van der Waals surface area contributed by atoms with Crippen molar-refractivity contribution in [3.05, 3.63) is 102 Å². The molecule has 2 aliphatic heterocycles. The summed E-state index contributed by atoms with van der Waals surface area (Å²) in [6, 6.07) is 27.6. The summed E-state index contributed by atoms with van der Waals surface area (Å²) in [6.07, 6.45) is 0. The van der Waals surface area contributed by atoms with E-state index in [0.717, 1.165) is 11.1 Å².